The average molecular weight is 252 g/mol. The molecule has 0 aromatic carbocycles. The molecule has 1 aliphatic heterocycles. The molecule has 1 amide bonds. The van der Waals surface area contributed by atoms with Gasteiger partial charge >= 0.3 is 0 Å². The monoisotopic (exact) mass is 252 g/mol. The fraction of sp³-hybridized carbons (Fsp3) is 0.786. The van der Waals surface area contributed by atoms with Crippen LogP contribution in [-0.2, 0) is 9.53 Å². The molecule has 0 saturated carbocycles. The number of nitrogens with one attached hydrogen (secondary N) is 2. The largest absolute Gasteiger partial charge is 0.368 e. The van der Waals surface area contributed by atoms with E-state index in [2.05, 4.69) is 30.4 Å². The minimum absolute atomic E-state index is 0.0755. The Hall–Kier alpha value is -1.05. The first kappa shape index (κ1) is 15.0. The van der Waals surface area contributed by atoms with Crippen LogP contribution >= 0.6 is 0 Å². The van der Waals surface area contributed by atoms with Crippen LogP contribution < -0.4 is 10.6 Å². The van der Waals surface area contributed by atoms with Gasteiger partial charge in [-0.15, -0.1) is 6.42 Å². The Bertz CT molecular complexity index is 355. The minimum atomic E-state index is -0.278. The van der Waals surface area contributed by atoms with Crippen molar-refractivity contribution in [3.8, 4) is 12.3 Å². The van der Waals surface area contributed by atoms with Crippen LogP contribution in [0.15, 0.2) is 0 Å². The smallest absolute Gasteiger partial charge is 0.237 e. The van der Waals surface area contributed by atoms with E-state index in [0.29, 0.717) is 0 Å². The first-order chi connectivity index (χ1) is 8.18. The summed E-state index contributed by atoms with van der Waals surface area (Å²) in [5, 5.41) is 6.00. The highest BCUT2D eigenvalue weighted by Crippen LogP contribution is 2.37. The van der Waals surface area contributed by atoms with Crippen molar-refractivity contribution < 1.29 is 9.53 Å². The van der Waals surface area contributed by atoms with E-state index in [9.17, 15) is 4.79 Å². The molecule has 0 aromatic rings. The van der Waals surface area contributed by atoms with E-state index < -0.39 is 0 Å². The molecule has 1 aliphatic rings. The molecule has 1 heterocycles. The van der Waals surface area contributed by atoms with Crippen LogP contribution in [0.5, 0.6) is 0 Å². The third kappa shape index (κ3) is 3.72. The highest BCUT2D eigenvalue weighted by molar-refractivity contribution is 5.81. The first-order valence-electron chi connectivity index (χ1n) is 6.35. The molecule has 0 aliphatic carbocycles. The normalized spacial score (nSPS) is 26.3. The van der Waals surface area contributed by atoms with Crippen molar-refractivity contribution in [2.45, 2.75) is 64.3 Å². The molecule has 0 aromatic heterocycles. The molecule has 4 nitrogen and oxygen atoms in total. The molecule has 1 fully saturated rings. The van der Waals surface area contributed by atoms with E-state index in [4.69, 9.17) is 11.2 Å². The van der Waals surface area contributed by atoms with Gasteiger partial charge in [0.2, 0.25) is 5.91 Å². The third-order valence-corrected chi connectivity index (χ3v) is 3.28. The van der Waals surface area contributed by atoms with E-state index >= 15 is 0 Å². The minimum Gasteiger partial charge on any atom is -0.368 e. The van der Waals surface area contributed by atoms with Crippen LogP contribution in [0.25, 0.3) is 0 Å². The predicted octanol–water partition coefficient (Wildman–Crippen LogP) is 1.06. The number of amides is 1. The highest BCUT2D eigenvalue weighted by Gasteiger charge is 2.46. The second kappa shape index (κ2) is 5.29. The van der Waals surface area contributed by atoms with Crippen LogP contribution in [0.4, 0.5) is 0 Å². The van der Waals surface area contributed by atoms with E-state index in [1.807, 2.05) is 20.8 Å². The first-order valence-corrected chi connectivity index (χ1v) is 6.35. The lowest BCUT2D eigenvalue weighted by Gasteiger charge is -2.29. The Morgan fingerprint density at radius 2 is 2.11 bits per heavy atom. The van der Waals surface area contributed by atoms with Crippen molar-refractivity contribution in [1.29, 1.82) is 0 Å². The van der Waals surface area contributed by atoms with Crippen molar-refractivity contribution >= 4 is 5.91 Å². The van der Waals surface area contributed by atoms with E-state index in [1.54, 1.807) is 0 Å². The number of carbonyl (C=O) groups excluding carboxylic acids is 1. The zero-order valence-corrected chi connectivity index (χ0v) is 12.0. The summed E-state index contributed by atoms with van der Waals surface area (Å²) in [5.41, 5.74) is -0.430. The Labute approximate surface area is 110 Å². The number of terminal acetylenes is 1. The molecular weight excluding hydrogens is 228 g/mol. The summed E-state index contributed by atoms with van der Waals surface area (Å²) in [4.78, 5) is 11.8. The van der Waals surface area contributed by atoms with E-state index in [0.717, 1.165) is 6.42 Å². The molecule has 4 heteroatoms. The molecular formula is C14H24N2O2. The zero-order chi connectivity index (χ0) is 14.0. The maximum absolute atomic E-state index is 11.8. The number of ether oxygens (including phenoxy) is 1. The summed E-state index contributed by atoms with van der Waals surface area (Å²) >= 11 is 0. The van der Waals surface area contributed by atoms with E-state index in [1.165, 1.54) is 0 Å². The van der Waals surface area contributed by atoms with Gasteiger partial charge in [-0.3, -0.25) is 4.79 Å². The number of hydrogen-bond acceptors (Lipinski definition) is 3. The van der Waals surface area contributed by atoms with Gasteiger partial charge in [0, 0.05) is 6.04 Å². The third-order valence-electron chi connectivity index (χ3n) is 3.28. The van der Waals surface area contributed by atoms with Crippen molar-refractivity contribution in [2.24, 2.45) is 0 Å². The van der Waals surface area contributed by atoms with Gasteiger partial charge in [0.25, 0.3) is 0 Å². The number of rotatable bonds is 4. The Balaban J connectivity index is 2.57. The van der Waals surface area contributed by atoms with Gasteiger partial charge in [-0.1, -0.05) is 5.92 Å². The molecule has 2 N–H and O–H groups in total. The van der Waals surface area contributed by atoms with Crippen LogP contribution in [-0.4, -0.2) is 35.7 Å². The topological polar surface area (TPSA) is 50.4 Å². The highest BCUT2D eigenvalue weighted by atomic mass is 16.5. The van der Waals surface area contributed by atoms with Gasteiger partial charge in [0.05, 0.1) is 23.8 Å². The lowest BCUT2D eigenvalue weighted by atomic mass is 9.94. The van der Waals surface area contributed by atoms with Crippen LogP contribution in [0.3, 0.4) is 0 Å². The predicted molar refractivity (Wildman–Crippen MR) is 72.1 cm³/mol. The van der Waals surface area contributed by atoms with Crippen LogP contribution in [0.1, 0.15) is 41.0 Å². The van der Waals surface area contributed by atoms with Gasteiger partial charge in [-0.25, -0.2) is 0 Å². The molecule has 0 unspecified atom stereocenters. The summed E-state index contributed by atoms with van der Waals surface area (Å²) in [7, 11) is 0. The SMILES string of the molecule is C#CCNC(=O)[C@@H](C)N[C@@H]1CC(C)(C)OC1(C)C. The van der Waals surface area contributed by atoms with Gasteiger partial charge in [-0.2, -0.15) is 0 Å². The molecule has 18 heavy (non-hydrogen) atoms. The van der Waals surface area contributed by atoms with Crippen molar-refractivity contribution in [3.63, 3.8) is 0 Å². The fourth-order valence-electron chi connectivity index (χ4n) is 2.49. The molecule has 1 rings (SSSR count). The summed E-state index contributed by atoms with van der Waals surface area (Å²) in [6, 6.07) is -0.126. The molecule has 2 atom stereocenters. The van der Waals surface area contributed by atoms with Crippen molar-refractivity contribution in [2.75, 3.05) is 6.54 Å². The summed E-state index contributed by atoms with van der Waals surface area (Å²) in [6.07, 6.45) is 6.00. The molecule has 0 spiro atoms. The second-order valence-corrected chi connectivity index (χ2v) is 6.03. The van der Waals surface area contributed by atoms with Crippen molar-refractivity contribution in [3.05, 3.63) is 0 Å². The molecule has 0 bridgehead atoms. The van der Waals surface area contributed by atoms with Crippen molar-refractivity contribution in [1.82, 2.24) is 10.6 Å². The maximum atomic E-state index is 11.8. The zero-order valence-electron chi connectivity index (χ0n) is 12.0. The molecule has 0 radical (unpaired) electrons. The number of carbonyl (C=O) groups is 1. The van der Waals surface area contributed by atoms with Gasteiger partial charge in [0.1, 0.15) is 0 Å². The Morgan fingerprint density at radius 1 is 1.50 bits per heavy atom. The Morgan fingerprint density at radius 3 is 2.56 bits per heavy atom. The Kier molecular flexibility index (Phi) is 4.41. The summed E-state index contributed by atoms with van der Waals surface area (Å²) < 4.78 is 5.98. The lowest BCUT2D eigenvalue weighted by molar-refractivity contribution is -0.123. The van der Waals surface area contributed by atoms with Gasteiger partial charge < -0.3 is 15.4 Å². The second-order valence-electron chi connectivity index (χ2n) is 6.03. The van der Waals surface area contributed by atoms with Gasteiger partial charge in [-0.05, 0) is 41.0 Å². The summed E-state index contributed by atoms with van der Waals surface area (Å²) in [5.74, 6) is 2.32. The molecule has 102 valence electrons. The van der Waals surface area contributed by atoms with Crippen LogP contribution in [0, 0.1) is 12.3 Å². The lowest BCUT2D eigenvalue weighted by Crippen LogP contribution is -2.52. The average Bonchev–Trinajstić information content (AvgIpc) is 2.43. The van der Waals surface area contributed by atoms with Gasteiger partial charge in [0.15, 0.2) is 0 Å². The maximum Gasteiger partial charge on any atom is 0.237 e. The quantitative estimate of drug-likeness (QED) is 0.736. The summed E-state index contributed by atoms with van der Waals surface area (Å²) in [6.45, 7) is 10.3. The standard InChI is InChI=1S/C14H24N2O2/c1-7-8-15-12(17)10(2)16-11-9-13(3,4)18-14(11,5)6/h1,10-11,16H,8-9H2,2-6H3,(H,15,17)/t10-,11-/m1/s1. The molecule has 1 saturated heterocycles. The van der Waals surface area contributed by atoms with Crippen LogP contribution in [0.2, 0.25) is 0 Å². The van der Waals surface area contributed by atoms with E-state index in [-0.39, 0.29) is 35.7 Å². The number of hydrogen-bond donors (Lipinski definition) is 2. The fourth-order valence-corrected chi connectivity index (χ4v) is 2.49.